The number of rotatable bonds is 2. The number of sulfone groups is 1. The number of ether oxygens (including phenoxy) is 1. The standard InChI is InChI=1S/C16H21ClO3S/c1-16(2)10-12-9-11(6-7-13(12)20-16)15(17)14-5-3-4-8-21(14,18)19/h6-7,9,14-15H,3-5,8,10H2,1-2H3. The molecule has 2 heterocycles. The van der Waals surface area contributed by atoms with Crippen LogP contribution in [0.3, 0.4) is 0 Å². The molecule has 0 spiro atoms. The molecule has 5 heteroatoms. The van der Waals surface area contributed by atoms with Gasteiger partial charge >= 0.3 is 0 Å². The van der Waals surface area contributed by atoms with Crippen LogP contribution >= 0.6 is 11.6 Å². The van der Waals surface area contributed by atoms with Gasteiger partial charge in [0.05, 0.1) is 16.4 Å². The summed E-state index contributed by atoms with van der Waals surface area (Å²) in [6, 6.07) is 5.85. The van der Waals surface area contributed by atoms with Gasteiger partial charge in [0, 0.05) is 6.42 Å². The summed E-state index contributed by atoms with van der Waals surface area (Å²) in [5.41, 5.74) is 1.82. The third-order valence-corrected chi connectivity index (χ3v) is 7.35. The number of fused-ring (bicyclic) bond motifs is 1. The first-order valence-corrected chi connectivity index (χ1v) is 9.61. The molecule has 116 valence electrons. The highest BCUT2D eigenvalue weighted by Gasteiger charge is 2.36. The molecule has 1 saturated heterocycles. The second-order valence-electron chi connectivity index (χ2n) is 6.71. The molecule has 0 aliphatic carbocycles. The Labute approximate surface area is 131 Å². The van der Waals surface area contributed by atoms with Gasteiger partial charge in [0.25, 0.3) is 0 Å². The van der Waals surface area contributed by atoms with E-state index in [2.05, 4.69) is 13.8 Å². The number of hydrogen-bond donors (Lipinski definition) is 0. The number of halogens is 1. The quantitative estimate of drug-likeness (QED) is 0.778. The van der Waals surface area contributed by atoms with Crippen molar-refractivity contribution in [3.8, 4) is 5.75 Å². The van der Waals surface area contributed by atoms with E-state index in [0.29, 0.717) is 6.42 Å². The van der Waals surface area contributed by atoms with Gasteiger partial charge in [-0.2, -0.15) is 0 Å². The molecule has 3 rings (SSSR count). The summed E-state index contributed by atoms with van der Waals surface area (Å²) in [7, 11) is -3.07. The van der Waals surface area contributed by atoms with Crippen molar-refractivity contribution in [3.05, 3.63) is 29.3 Å². The van der Waals surface area contributed by atoms with Crippen LogP contribution in [0, 0.1) is 0 Å². The summed E-state index contributed by atoms with van der Waals surface area (Å²) in [6.45, 7) is 4.10. The van der Waals surface area contributed by atoms with Gasteiger partial charge in [-0.3, -0.25) is 0 Å². The molecule has 0 saturated carbocycles. The molecule has 21 heavy (non-hydrogen) atoms. The van der Waals surface area contributed by atoms with Crippen molar-refractivity contribution in [1.29, 1.82) is 0 Å². The van der Waals surface area contributed by atoms with Gasteiger partial charge in [-0.1, -0.05) is 18.6 Å². The monoisotopic (exact) mass is 328 g/mol. The summed E-state index contributed by atoms with van der Waals surface area (Å²) in [4.78, 5) is 0. The average molecular weight is 329 g/mol. The van der Waals surface area contributed by atoms with Gasteiger partial charge in [-0.05, 0) is 43.9 Å². The van der Waals surface area contributed by atoms with Crippen LogP contribution in [0.15, 0.2) is 18.2 Å². The molecule has 2 atom stereocenters. The Morgan fingerprint density at radius 1 is 1.33 bits per heavy atom. The van der Waals surface area contributed by atoms with Crippen molar-refractivity contribution in [2.24, 2.45) is 0 Å². The minimum atomic E-state index is -3.07. The second-order valence-corrected chi connectivity index (χ2v) is 9.52. The fraction of sp³-hybridized carbons (Fsp3) is 0.625. The van der Waals surface area contributed by atoms with Crippen molar-refractivity contribution in [2.45, 2.75) is 55.8 Å². The minimum Gasteiger partial charge on any atom is -0.487 e. The number of benzene rings is 1. The van der Waals surface area contributed by atoms with Crippen molar-refractivity contribution < 1.29 is 13.2 Å². The third kappa shape index (κ3) is 2.93. The molecule has 0 aromatic heterocycles. The molecule has 2 unspecified atom stereocenters. The zero-order valence-corrected chi connectivity index (χ0v) is 14.0. The van der Waals surface area contributed by atoms with E-state index in [4.69, 9.17) is 16.3 Å². The maximum absolute atomic E-state index is 12.2. The normalized spacial score (nSPS) is 27.7. The molecular weight excluding hydrogens is 308 g/mol. The lowest BCUT2D eigenvalue weighted by atomic mass is 9.98. The highest BCUT2D eigenvalue weighted by atomic mass is 35.5. The summed E-state index contributed by atoms with van der Waals surface area (Å²) >= 11 is 6.52. The zero-order valence-electron chi connectivity index (χ0n) is 12.4. The third-order valence-electron chi connectivity index (χ3n) is 4.36. The largest absolute Gasteiger partial charge is 0.487 e. The van der Waals surface area contributed by atoms with Crippen molar-refractivity contribution in [1.82, 2.24) is 0 Å². The Morgan fingerprint density at radius 3 is 2.81 bits per heavy atom. The van der Waals surface area contributed by atoms with Gasteiger partial charge in [0.15, 0.2) is 9.84 Å². The smallest absolute Gasteiger partial charge is 0.154 e. The van der Waals surface area contributed by atoms with Gasteiger partial charge < -0.3 is 4.74 Å². The van der Waals surface area contributed by atoms with Crippen LogP contribution in [0.4, 0.5) is 0 Å². The van der Waals surface area contributed by atoms with E-state index in [0.717, 1.165) is 36.1 Å². The van der Waals surface area contributed by atoms with Crippen molar-refractivity contribution in [2.75, 3.05) is 5.75 Å². The van der Waals surface area contributed by atoms with Gasteiger partial charge in [0.1, 0.15) is 11.4 Å². The first-order chi connectivity index (χ1) is 9.78. The van der Waals surface area contributed by atoms with Crippen LogP contribution in [0.2, 0.25) is 0 Å². The molecule has 1 aromatic carbocycles. The van der Waals surface area contributed by atoms with E-state index in [-0.39, 0.29) is 11.4 Å². The molecule has 1 fully saturated rings. The summed E-state index contributed by atoms with van der Waals surface area (Å²) < 4.78 is 30.3. The highest BCUT2D eigenvalue weighted by molar-refractivity contribution is 7.92. The molecule has 0 N–H and O–H groups in total. The fourth-order valence-electron chi connectivity index (χ4n) is 3.32. The lowest BCUT2D eigenvalue weighted by Crippen LogP contribution is -2.31. The molecular formula is C16H21ClO3S. The van der Waals surface area contributed by atoms with E-state index in [9.17, 15) is 8.42 Å². The second kappa shape index (κ2) is 5.17. The van der Waals surface area contributed by atoms with Gasteiger partial charge in [-0.25, -0.2) is 8.42 Å². The number of alkyl halides is 1. The molecule has 3 nitrogen and oxygen atoms in total. The van der Waals surface area contributed by atoms with E-state index in [1.54, 1.807) is 0 Å². The molecule has 0 amide bonds. The summed E-state index contributed by atoms with van der Waals surface area (Å²) in [5.74, 6) is 1.15. The van der Waals surface area contributed by atoms with Crippen LogP contribution in [0.5, 0.6) is 5.75 Å². The maximum Gasteiger partial charge on any atom is 0.154 e. The highest BCUT2D eigenvalue weighted by Crippen LogP contribution is 2.40. The maximum atomic E-state index is 12.2. The SMILES string of the molecule is CC1(C)Cc2cc(C(Cl)C3CCCCS3(=O)=O)ccc2O1. The molecule has 2 aliphatic rings. The van der Waals surface area contributed by atoms with E-state index >= 15 is 0 Å². The van der Waals surface area contributed by atoms with Crippen molar-refractivity contribution >= 4 is 21.4 Å². The Balaban J connectivity index is 1.88. The van der Waals surface area contributed by atoms with Crippen LogP contribution in [-0.4, -0.2) is 25.0 Å². The predicted molar refractivity (Wildman–Crippen MR) is 84.9 cm³/mol. The van der Waals surface area contributed by atoms with Gasteiger partial charge in [0.2, 0.25) is 0 Å². The molecule has 1 aromatic rings. The zero-order chi connectivity index (χ0) is 15.3. The predicted octanol–water partition coefficient (Wildman–Crippen LogP) is 3.65. The minimum absolute atomic E-state index is 0.195. The Bertz CT molecular complexity index is 651. The molecule has 0 bridgehead atoms. The Morgan fingerprint density at radius 2 is 2.10 bits per heavy atom. The molecule has 0 radical (unpaired) electrons. The van der Waals surface area contributed by atoms with Crippen molar-refractivity contribution in [3.63, 3.8) is 0 Å². The van der Waals surface area contributed by atoms with Crippen LogP contribution < -0.4 is 4.74 Å². The Kier molecular flexibility index (Phi) is 3.73. The lowest BCUT2D eigenvalue weighted by molar-refractivity contribution is 0.138. The van der Waals surface area contributed by atoms with Crippen LogP contribution in [0.25, 0.3) is 0 Å². The van der Waals surface area contributed by atoms with Gasteiger partial charge in [-0.15, -0.1) is 11.6 Å². The Hall–Kier alpha value is -0.740. The summed E-state index contributed by atoms with van der Waals surface area (Å²) in [5, 5.41) is -0.925. The van der Waals surface area contributed by atoms with E-state index in [1.165, 1.54) is 0 Å². The van der Waals surface area contributed by atoms with Crippen LogP contribution in [0.1, 0.15) is 49.6 Å². The summed E-state index contributed by atoms with van der Waals surface area (Å²) in [6.07, 6.45) is 3.19. The molecule has 2 aliphatic heterocycles. The average Bonchev–Trinajstić information content (AvgIpc) is 2.70. The lowest BCUT2D eigenvalue weighted by Gasteiger charge is -2.26. The number of hydrogen-bond acceptors (Lipinski definition) is 3. The van der Waals surface area contributed by atoms with E-state index in [1.807, 2.05) is 18.2 Å². The fourth-order valence-corrected chi connectivity index (χ4v) is 6.01. The first-order valence-electron chi connectivity index (χ1n) is 7.46. The topological polar surface area (TPSA) is 43.4 Å². The van der Waals surface area contributed by atoms with E-state index < -0.39 is 20.5 Å². The first kappa shape index (κ1) is 15.2. The van der Waals surface area contributed by atoms with Crippen LogP contribution in [-0.2, 0) is 16.3 Å².